The van der Waals surface area contributed by atoms with E-state index in [2.05, 4.69) is 5.32 Å². The number of aliphatic hydroxyl groups is 1. The van der Waals surface area contributed by atoms with Gasteiger partial charge in [-0.1, -0.05) is 0 Å². The number of carbonyl (C=O) groups excluding carboxylic acids is 1. The van der Waals surface area contributed by atoms with Crippen LogP contribution in [0.2, 0.25) is 0 Å². The number of likely N-dealkylation sites (tertiary alicyclic amines) is 1. The summed E-state index contributed by atoms with van der Waals surface area (Å²) in [5.74, 6) is -0.389. The molecule has 0 aromatic heterocycles. The minimum absolute atomic E-state index is 0.187. The number of rotatable bonds is 2. The summed E-state index contributed by atoms with van der Waals surface area (Å²) in [6.07, 6.45) is 1.52. The average Bonchev–Trinajstić information content (AvgIpc) is 3.02. The Morgan fingerprint density at radius 2 is 1.86 bits per heavy atom. The number of aromatic carboxylic acids is 1. The molecule has 1 aliphatic heterocycles. The minimum atomic E-state index is -0.991. The van der Waals surface area contributed by atoms with Crippen LogP contribution in [0, 0.1) is 11.8 Å². The van der Waals surface area contributed by atoms with Crippen molar-refractivity contribution in [3.8, 4) is 0 Å². The van der Waals surface area contributed by atoms with Gasteiger partial charge in [-0.15, -0.1) is 0 Å². The fourth-order valence-electron chi connectivity index (χ4n) is 3.30. The number of carboxylic acids is 1. The summed E-state index contributed by atoms with van der Waals surface area (Å²) in [5.41, 5.74) is 0.759. The van der Waals surface area contributed by atoms with E-state index in [0.717, 1.165) is 12.8 Å². The van der Waals surface area contributed by atoms with Crippen molar-refractivity contribution >= 4 is 17.7 Å². The zero-order chi connectivity index (χ0) is 15.0. The van der Waals surface area contributed by atoms with Crippen molar-refractivity contribution in [2.24, 2.45) is 11.8 Å². The molecule has 0 spiro atoms. The second-order valence-electron chi connectivity index (χ2n) is 5.79. The maximum absolute atomic E-state index is 12.2. The molecular weight excluding hydrogens is 272 g/mol. The lowest BCUT2D eigenvalue weighted by Gasteiger charge is -2.19. The van der Waals surface area contributed by atoms with E-state index >= 15 is 0 Å². The van der Waals surface area contributed by atoms with Crippen molar-refractivity contribution < 1.29 is 19.8 Å². The predicted octanol–water partition coefficient (Wildman–Crippen LogP) is 1.62. The van der Waals surface area contributed by atoms with Gasteiger partial charge < -0.3 is 20.4 Å². The maximum atomic E-state index is 12.2. The lowest BCUT2D eigenvalue weighted by Crippen LogP contribution is -2.34. The Hall–Kier alpha value is -2.08. The average molecular weight is 290 g/mol. The standard InChI is InChI=1S/C15H18N2O4/c18-13-6-3-10-7-17(8-12(10)13)15(21)16-11-4-1-9(2-5-11)14(19)20/h1-2,4-5,10,12-13,18H,3,6-8H2,(H,16,21)(H,19,20). The molecule has 2 aliphatic rings. The highest BCUT2D eigenvalue weighted by Crippen LogP contribution is 2.38. The van der Waals surface area contributed by atoms with Crippen LogP contribution in [0.4, 0.5) is 10.5 Å². The molecule has 6 heteroatoms. The maximum Gasteiger partial charge on any atom is 0.335 e. The summed E-state index contributed by atoms with van der Waals surface area (Å²) in [5, 5.41) is 21.5. The molecule has 3 rings (SSSR count). The number of hydrogen-bond acceptors (Lipinski definition) is 3. The van der Waals surface area contributed by atoms with Crippen LogP contribution in [0.3, 0.4) is 0 Å². The first-order valence-electron chi connectivity index (χ1n) is 7.12. The Kier molecular flexibility index (Phi) is 3.55. The third-order valence-electron chi connectivity index (χ3n) is 4.49. The minimum Gasteiger partial charge on any atom is -0.478 e. The van der Waals surface area contributed by atoms with Gasteiger partial charge in [0.15, 0.2) is 0 Å². The first-order chi connectivity index (χ1) is 10.0. The molecule has 1 aromatic carbocycles. The van der Waals surface area contributed by atoms with Crippen molar-refractivity contribution in [3.63, 3.8) is 0 Å². The molecule has 6 nitrogen and oxygen atoms in total. The van der Waals surface area contributed by atoms with Crippen LogP contribution >= 0.6 is 0 Å². The number of aliphatic hydroxyl groups excluding tert-OH is 1. The summed E-state index contributed by atoms with van der Waals surface area (Å²) in [4.78, 5) is 24.7. The lowest BCUT2D eigenvalue weighted by atomic mass is 10.00. The number of anilines is 1. The molecular formula is C15H18N2O4. The van der Waals surface area contributed by atoms with Crippen molar-refractivity contribution in [1.29, 1.82) is 0 Å². The molecule has 1 heterocycles. The van der Waals surface area contributed by atoms with Crippen LogP contribution in [-0.4, -0.2) is 46.3 Å². The van der Waals surface area contributed by atoms with Crippen LogP contribution in [0.15, 0.2) is 24.3 Å². The number of amides is 2. The molecule has 1 aromatic rings. The van der Waals surface area contributed by atoms with Gasteiger partial charge in [-0.3, -0.25) is 0 Å². The summed E-state index contributed by atoms with van der Waals surface area (Å²) in [7, 11) is 0. The summed E-state index contributed by atoms with van der Waals surface area (Å²) >= 11 is 0. The number of urea groups is 1. The monoisotopic (exact) mass is 290 g/mol. The highest BCUT2D eigenvalue weighted by Gasteiger charge is 2.43. The smallest absolute Gasteiger partial charge is 0.335 e. The molecule has 3 atom stereocenters. The van der Waals surface area contributed by atoms with Gasteiger partial charge >= 0.3 is 12.0 Å². The van der Waals surface area contributed by atoms with Crippen LogP contribution in [0.1, 0.15) is 23.2 Å². The molecule has 0 bridgehead atoms. The van der Waals surface area contributed by atoms with Crippen LogP contribution < -0.4 is 5.32 Å². The van der Waals surface area contributed by atoms with E-state index < -0.39 is 5.97 Å². The van der Waals surface area contributed by atoms with E-state index in [-0.39, 0.29) is 23.6 Å². The molecule has 1 saturated heterocycles. The Balaban J connectivity index is 1.61. The quantitative estimate of drug-likeness (QED) is 0.772. The van der Waals surface area contributed by atoms with Gasteiger partial charge in [0.2, 0.25) is 0 Å². The summed E-state index contributed by atoms with van der Waals surface area (Å²) < 4.78 is 0. The van der Waals surface area contributed by atoms with Crippen molar-refractivity contribution in [2.75, 3.05) is 18.4 Å². The van der Waals surface area contributed by atoms with Gasteiger partial charge in [0, 0.05) is 24.7 Å². The number of carbonyl (C=O) groups is 2. The molecule has 3 unspecified atom stereocenters. The van der Waals surface area contributed by atoms with Gasteiger partial charge in [-0.25, -0.2) is 9.59 Å². The zero-order valence-corrected chi connectivity index (χ0v) is 11.5. The highest BCUT2D eigenvalue weighted by molar-refractivity contribution is 5.91. The molecule has 2 amide bonds. The molecule has 112 valence electrons. The van der Waals surface area contributed by atoms with E-state index in [1.165, 1.54) is 12.1 Å². The van der Waals surface area contributed by atoms with Gasteiger partial charge in [-0.2, -0.15) is 0 Å². The van der Waals surface area contributed by atoms with E-state index in [1.54, 1.807) is 17.0 Å². The number of carboxylic acid groups (broad SMARTS) is 1. The Bertz CT molecular complexity index is 557. The number of fused-ring (bicyclic) bond motifs is 1. The largest absolute Gasteiger partial charge is 0.478 e. The van der Waals surface area contributed by atoms with Crippen LogP contribution in [-0.2, 0) is 0 Å². The van der Waals surface area contributed by atoms with Crippen LogP contribution in [0.25, 0.3) is 0 Å². The summed E-state index contributed by atoms with van der Waals surface area (Å²) in [6.45, 7) is 1.27. The van der Waals surface area contributed by atoms with E-state index in [9.17, 15) is 14.7 Å². The van der Waals surface area contributed by atoms with Crippen LogP contribution in [0.5, 0.6) is 0 Å². The Labute approximate surface area is 122 Å². The fourth-order valence-corrected chi connectivity index (χ4v) is 3.30. The second kappa shape index (κ2) is 5.37. The van der Waals surface area contributed by atoms with Gasteiger partial charge in [0.1, 0.15) is 0 Å². The third kappa shape index (κ3) is 2.71. The first kappa shape index (κ1) is 13.9. The van der Waals surface area contributed by atoms with Gasteiger partial charge in [-0.05, 0) is 43.0 Å². The second-order valence-corrected chi connectivity index (χ2v) is 5.79. The van der Waals surface area contributed by atoms with E-state index in [1.807, 2.05) is 0 Å². The zero-order valence-electron chi connectivity index (χ0n) is 11.5. The molecule has 1 saturated carbocycles. The van der Waals surface area contributed by atoms with E-state index in [4.69, 9.17) is 5.11 Å². The fraction of sp³-hybridized carbons (Fsp3) is 0.467. The normalized spacial score (nSPS) is 27.5. The number of nitrogens with one attached hydrogen (secondary N) is 1. The third-order valence-corrected chi connectivity index (χ3v) is 4.49. The number of benzene rings is 1. The topological polar surface area (TPSA) is 89.9 Å². The SMILES string of the molecule is O=C(O)c1ccc(NC(=O)N2CC3CCC(O)C3C2)cc1. The predicted molar refractivity (Wildman–Crippen MR) is 76.2 cm³/mol. The Morgan fingerprint density at radius 3 is 2.48 bits per heavy atom. The Morgan fingerprint density at radius 1 is 1.14 bits per heavy atom. The number of hydrogen-bond donors (Lipinski definition) is 3. The molecule has 0 radical (unpaired) electrons. The van der Waals surface area contributed by atoms with Crippen molar-refractivity contribution in [3.05, 3.63) is 29.8 Å². The van der Waals surface area contributed by atoms with E-state index in [0.29, 0.717) is 24.7 Å². The van der Waals surface area contributed by atoms with Gasteiger partial charge in [0.25, 0.3) is 0 Å². The van der Waals surface area contributed by atoms with Gasteiger partial charge in [0.05, 0.1) is 11.7 Å². The number of nitrogens with zero attached hydrogens (tertiary/aromatic N) is 1. The first-order valence-corrected chi connectivity index (χ1v) is 7.12. The molecule has 3 N–H and O–H groups in total. The summed E-state index contributed by atoms with van der Waals surface area (Å²) in [6, 6.07) is 5.88. The molecule has 2 fully saturated rings. The molecule has 21 heavy (non-hydrogen) atoms. The highest BCUT2D eigenvalue weighted by atomic mass is 16.4. The van der Waals surface area contributed by atoms with Crippen molar-refractivity contribution in [2.45, 2.75) is 18.9 Å². The molecule has 1 aliphatic carbocycles. The lowest BCUT2D eigenvalue weighted by molar-refractivity contribution is 0.0697. The van der Waals surface area contributed by atoms with Crippen molar-refractivity contribution in [1.82, 2.24) is 4.90 Å².